The van der Waals surface area contributed by atoms with E-state index >= 15 is 0 Å². The predicted molar refractivity (Wildman–Crippen MR) is 76.9 cm³/mol. The third-order valence-corrected chi connectivity index (χ3v) is 3.64. The summed E-state index contributed by atoms with van der Waals surface area (Å²) in [6.07, 6.45) is 3.38. The van der Waals surface area contributed by atoms with Gasteiger partial charge in [-0.3, -0.25) is 10.1 Å². The van der Waals surface area contributed by atoms with E-state index in [1.807, 2.05) is 0 Å². The lowest BCUT2D eigenvalue weighted by atomic mass is 9.87. The lowest BCUT2D eigenvalue weighted by Crippen LogP contribution is -2.25. The van der Waals surface area contributed by atoms with Crippen LogP contribution in [0.5, 0.6) is 0 Å². The number of aliphatic hydroxyl groups is 1. The minimum Gasteiger partial charge on any atom is -0.393 e. The number of pyridine rings is 1. The number of rotatable bonds is 5. The van der Waals surface area contributed by atoms with Crippen molar-refractivity contribution < 1.29 is 10.0 Å². The van der Waals surface area contributed by atoms with Crippen LogP contribution in [-0.4, -0.2) is 34.7 Å². The van der Waals surface area contributed by atoms with Gasteiger partial charge in [-0.2, -0.15) is 0 Å². The van der Waals surface area contributed by atoms with Crippen LogP contribution in [0, 0.1) is 16.0 Å². The van der Waals surface area contributed by atoms with Crippen LogP contribution < -0.4 is 10.6 Å². The van der Waals surface area contributed by atoms with Crippen LogP contribution in [0.15, 0.2) is 12.1 Å². The summed E-state index contributed by atoms with van der Waals surface area (Å²) in [5.74, 6) is 1.20. The molecule has 1 fully saturated rings. The molecule has 0 saturated heterocycles. The van der Waals surface area contributed by atoms with Crippen LogP contribution in [0.2, 0.25) is 0 Å². The van der Waals surface area contributed by atoms with Crippen LogP contribution in [0.4, 0.5) is 17.3 Å². The molecule has 110 valence electrons. The summed E-state index contributed by atoms with van der Waals surface area (Å²) < 4.78 is 0. The number of anilines is 2. The van der Waals surface area contributed by atoms with E-state index in [2.05, 4.69) is 15.6 Å². The number of hydrogen-bond acceptors (Lipinski definition) is 6. The first-order valence-electron chi connectivity index (χ1n) is 6.85. The molecule has 20 heavy (non-hydrogen) atoms. The molecular weight excluding hydrogens is 260 g/mol. The molecule has 0 bridgehead atoms. The summed E-state index contributed by atoms with van der Waals surface area (Å²) in [7, 11) is 1.72. The maximum atomic E-state index is 11.0. The van der Waals surface area contributed by atoms with Crippen molar-refractivity contribution in [1.82, 2.24) is 4.98 Å². The molecule has 1 heterocycles. The molecule has 1 aliphatic carbocycles. The third-order valence-electron chi connectivity index (χ3n) is 3.64. The molecule has 1 saturated carbocycles. The summed E-state index contributed by atoms with van der Waals surface area (Å²) in [6.45, 7) is 0.595. The fourth-order valence-electron chi connectivity index (χ4n) is 2.56. The lowest BCUT2D eigenvalue weighted by molar-refractivity contribution is -0.384. The average molecular weight is 280 g/mol. The van der Waals surface area contributed by atoms with Gasteiger partial charge < -0.3 is 15.7 Å². The van der Waals surface area contributed by atoms with Crippen molar-refractivity contribution >= 4 is 17.3 Å². The molecule has 7 nitrogen and oxygen atoms in total. The van der Waals surface area contributed by atoms with Gasteiger partial charge in [-0.1, -0.05) is 6.42 Å². The second-order valence-corrected chi connectivity index (χ2v) is 5.14. The van der Waals surface area contributed by atoms with E-state index in [1.165, 1.54) is 6.07 Å². The van der Waals surface area contributed by atoms with Gasteiger partial charge in [0.25, 0.3) is 0 Å². The Hall–Kier alpha value is -1.89. The molecule has 2 atom stereocenters. The topological polar surface area (TPSA) is 100 Å². The standard InChI is InChI=1S/C13H20N4O3/c1-14-12-6-5-11(17(19)20)13(16-12)15-8-9-3-2-4-10(18)7-9/h5-6,9-10,18H,2-4,7-8H2,1H3,(H2,14,15,16). The molecule has 3 N–H and O–H groups in total. The Labute approximate surface area is 117 Å². The van der Waals surface area contributed by atoms with Crippen molar-refractivity contribution in [2.24, 2.45) is 5.92 Å². The zero-order valence-corrected chi connectivity index (χ0v) is 11.5. The number of aromatic nitrogens is 1. The minimum absolute atomic E-state index is 0.0274. The zero-order valence-electron chi connectivity index (χ0n) is 11.5. The third kappa shape index (κ3) is 3.57. The van der Waals surface area contributed by atoms with Gasteiger partial charge >= 0.3 is 5.69 Å². The fraction of sp³-hybridized carbons (Fsp3) is 0.615. The van der Waals surface area contributed by atoms with Gasteiger partial charge in [0.15, 0.2) is 0 Å². The van der Waals surface area contributed by atoms with Gasteiger partial charge in [0.05, 0.1) is 11.0 Å². The number of nitrogens with zero attached hydrogens (tertiary/aromatic N) is 2. The van der Waals surface area contributed by atoms with Crippen LogP contribution >= 0.6 is 0 Å². The van der Waals surface area contributed by atoms with E-state index in [4.69, 9.17) is 0 Å². The van der Waals surface area contributed by atoms with Gasteiger partial charge in [-0.05, 0) is 31.2 Å². The highest BCUT2D eigenvalue weighted by molar-refractivity contribution is 5.60. The second kappa shape index (κ2) is 6.51. The van der Waals surface area contributed by atoms with Crippen LogP contribution in [-0.2, 0) is 0 Å². The molecule has 7 heteroatoms. The minimum atomic E-state index is -0.440. The largest absolute Gasteiger partial charge is 0.393 e. The summed E-state index contributed by atoms with van der Waals surface area (Å²) in [5.41, 5.74) is -0.0274. The van der Waals surface area contributed by atoms with Crippen molar-refractivity contribution in [2.75, 3.05) is 24.2 Å². The average Bonchev–Trinajstić information content (AvgIpc) is 2.44. The normalized spacial score (nSPS) is 22.3. The molecule has 2 unspecified atom stereocenters. The van der Waals surface area contributed by atoms with Crippen LogP contribution in [0.3, 0.4) is 0 Å². The van der Waals surface area contributed by atoms with Gasteiger partial charge in [0, 0.05) is 19.7 Å². The van der Waals surface area contributed by atoms with E-state index in [-0.39, 0.29) is 17.6 Å². The Bertz CT molecular complexity index is 481. The van der Waals surface area contributed by atoms with E-state index in [0.717, 1.165) is 25.7 Å². The van der Waals surface area contributed by atoms with E-state index < -0.39 is 4.92 Å². The molecule has 0 spiro atoms. The van der Waals surface area contributed by atoms with Gasteiger partial charge in [0.2, 0.25) is 5.82 Å². The first-order chi connectivity index (χ1) is 9.60. The van der Waals surface area contributed by atoms with E-state index in [1.54, 1.807) is 13.1 Å². The molecular formula is C13H20N4O3. The Morgan fingerprint density at radius 2 is 2.30 bits per heavy atom. The molecule has 0 aliphatic heterocycles. The molecule has 1 aromatic heterocycles. The first kappa shape index (κ1) is 14.5. The Morgan fingerprint density at radius 3 is 2.95 bits per heavy atom. The highest BCUT2D eigenvalue weighted by Gasteiger charge is 2.22. The predicted octanol–water partition coefficient (Wildman–Crippen LogP) is 1.99. The molecule has 1 aromatic rings. The maximum Gasteiger partial charge on any atom is 0.311 e. The first-order valence-corrected chi connectivity index (χ1v) is 6.85. The summed E-state index contributed by atoms with van der Waals surface area (Å²) in [5, 5.41) is 26.6. The Kier molecular flexibility index (Phi) is 4.73. The fourth-order valence-corrected chi connectivity index (χ4v) is 2.56. The van der Waals surface area contributed by atoms with Crippen molar-refractivity contribution in [3.63, 3.8) is 0 Å². The zero-order chi connectivity index (χ0) is 14.5. The van der Waals surface area contributed by atoms with Crippen molar-refractivity contribution in [3.8, 4) is 0 Å². The highest BCUT2D eigenvalue weighted by atomic mass is 16.6. The van der Waals surface area contributed by atoms with Crippen molar-refractivity contribution in [2.45, 2.75) is 31.8 Å². The van der Waals surface area contributed by atoms with Crippen molar-refractivity contribution in [1.29, 1.82) is 0 Å². The van der Waals surface area contributed by atoms with Crippen LogP contribution in [0.25, 0.3) is 0 Å². The lowest BCUT2D eigenvalue weighted by Gasteiger charge is -2.26. The molecule has 1 aliphatic rings. The number of nitro groups is 1. The summed E-state index contributed by atoms with van der Waals surface area (Å²) in [4.78, 5) is 14.7. The van der Waals surface area contributed by atoms with Gasteiger partial charge in [-0.25, -0.2) is 4.98 Å². The Morgan fingerprint density at radius 1 is 1.50 bits per heavy atom. The molecule has 0 amide bonds. The highest BCUT2D eigenvalue weighted by Crippen LogP contribution is 2.27. The number of nitrogens with one attached hydrogen (secondary N) is 2. The molecule has 0 aromatic carbocycles. The van der Waals surface area contributed by atoms with Gasteiger partial charge in [-0.15, -0.1) is 0 Å². The smallest absolute Gasteiger partial charge is 0.311 e. The quantitative estimate of drug-likeness (QED) is 0.563. The molecule has 2 rings (SSSR count). The second-order valence-electron chi connectivity index (χ2n) is 5.14. The summed E-state index contributed by atoms with van der Waals surface area (Å²) >= 11 is 0. The van der Waals surface area contributed by atoms with Crippen molar-refractivity contribution in [3.05, 3.63) is 22.2 Å². The number of hydrogen-bond donors (Lipinski definition) is 3. The Balaban J connectivity index is 2.05. The van der Waals surface area contributed by atoms with Gasteiger partial charge in [0.1, 0.15) is 5.82 Å². The SMILES string of the molecule is CNc1ccc([N+](=O)[O-])c(NCC2CCCC(O)C2)n1. The number of aliphatic hydroxyl groups excluding tert-OH is 1. The van der Waals surface area contributed by atoms with E-state index in [0.29, 0.717) is 18.3 Å². The summed E-state index contributed by atoms with van der Waals surface area (Å²) in [6, 6.07) is 3.02. The maximum absolute atomic E-state index is 11.0. The molecule has 0 radical (unpaired) electrons. The monoisotopic (exact) mass is 280 g/mol. The van der Waals surface area contributed by atoms with E-state index in [9.17, 15) is 15.2 Å². The van der Waals surface area contributed by atoms with Crippen LogP contribution in [0.1, 0.15) is 25.7 Å².